The summed E-state index contributed by atoms with van der Waals surface area (Å²) in [5.74, 6) is 0.567. The lowest BCUT2D eigenvalue weighted by Gasteiger charge is -2.10. The molecule has 114 valence electrons. The minimum absolute atomic E-state index is 0.0731. The lowest BCUT2D eigenvalue weighted by molar-refractivity contribution is 0.409. The Bertz CT molecular complexity index is 742. The van der Waals surface area contributed by atoms with Crippen molar-refractivity contribution in [2.24, 2.45) is 0 Å². The second-order valence-electron chi connectivity index (χ2n) is 4.08. The summed E-state index contributed by atoms with van der Waals surface area (Å²) >= 11 is 10.1. The van der Waals surface area contributed by atoms with E-state index in [1.807, 2.05) is 0 Å². The van der Waals surface area contributed by atoms with Crippen LogP contribution < -0.4 is 15.2 Å². The smallest absolute Gasteiger partial charge is 0.250 e. The van der Waals surface area contributed by atoms with Gasteiger partial charge in [-0.05, 0) is 40.2 Å². The van der Waals surface area contributed by atoms with Crippen LogP contribution in [0, 0.1) is 0 Å². The summed E-state index contributed by atoms with van der Waals surface area (Å²) in [5, 5.41) is 0.363. The molecule has 0 radical (unpaired) electrons. The highest BCUT2D eigenvalue weighted by Crippen LogP contribution is 2.34. The molecule has 1 aromatic heterocycles. The number of benzene rings is 1. The third kappa shape index (κ3) is 3.89. The molecule has 0 saturated heterocycles. The fraction of sp³-hybridized carbons (Fsp3) is 0.167. The SMILES string of the molecule is COc1ccc(N)cc1CNS(=O)(=O)c1cc(Cl)c(Br)s1. The number of thiophene rings is 1. The number of nitrogen functional groups attached to an aromatic ring is 1. The Morgan fingerprint density at radius 1 is 1.43 bits per heavy atom. The van der Waals surface area contributed by atoms with Crippen molar-refractivity contribution in [3.05, 3.63) is 38.6 Å². The molecule has 0 saturated carbocycles. The van der Waals surface area contributed by atoms with Gasteiger partial charge in [-0.25, -0.2) is 13.1 Å². The zero-order valence-electron chi connectivity index (χ0n) is 10.9. The summed E-state index contributed by atoms with van der Waals surface area (Å²) < 4.78 is 32.8. The lowest BCUT2D eigenvalue weighted by Crippen LogP contribution is -2.22. The van der Waals surface area contributed by atoms with Crippen LogP contribution in [0.5, 0.6) is 5.75 Å². The summed E-state index contributed by atoms with van der Waals surface area (Å²) in [6.45, 7) is 0.0731. The molecule has 0 bridgehead atoms. The van der Waals surface area contributed by atoms with Crippen molar-refractivity contribution in [2.75, 3.05) is 12.8 Å². The Kier molecular flexibility index (Phi) is 5.15. The first-order chi connectivity index (χ1) is 9.83. The molecule has 2 aromatic rings. The number of halogens is 2. The van der Waals surface area contributed by atoms with Crippen LogP contribution in [0.2, 0.25) is 5.02 Å². The van der Waals surface area contributed by atoms with Gasteiger partial charge in [0.05, 0.1) is 15.9 Å². The predicted molar refractivity (Wildman–Crippen MR) is 88.5 cm³/mol. The van der Waals surface area contributed by atoms with Crippen LogP contribution in [0.15, 0.2) is 32.3 Å². The van der Waals surface area contributed by atoms with E-state index in [9.17, 15) is 8.42 Å². The second-order valence-corrected chi connectivity index (χ2v) is 8.85. The number of sulfonamides is 1. The van der Waals surface area contributed by atoms with Crippen LogP contribution in [-0.2, 0) is 16.6 Å². The summed E-state index contributed by atoms with van der Waals surface area (Å²) in [5.41, 5.74) is 6.89. The zero-order valence-corrected chi connectivity index (χ0v) is 14.9. The summed E-state index contributed by atoms with van der Waals surface area (Å²) in [4.78, 5) is 0. The highest BCUT2D eigenvalue weighted by atomic mass is 79.9. The monoisotopic (exact) mass is 410 g/mol. The summed E-state index contributed by atoms with van der Waals surface area (Å²) in [7, 11) is -2.13. The van der Waals surface area contributed by atoms with Gasteiger partial charge < -0.3 is 10.5 Å². The van der Waals surface area contributed by atoms with E-state index < -0.39 is 10.0 Å². The Labute approximate surface area is 140 Å². The van der Waals surface area contributed by atoms with Crippen molar-refractivity contribution < 1.29 is 13.2 Å². The van der Waals surface area contributed by atoms with Gasteiger partial charge in [0.15, 0.2) is 0 Å². The van der Waals surface area contributed by atoms with Gasteiger partial charge in [-0.3, -0.25) is 0 Å². The van der Waals surface area contributed by atoms with Crippen LogP contribution in [0.25, 0.3) is 0 Å². The fourth-order valence-electron chi connectivity index (χ4n) is 1.64. The number of nitrogens with two attached hydrogens (primary N) is 1. The van der Waals surface area contributed by atoms with Gasteiger partial charge in [-0.15, -0.1) is 11.3 Å². The van der Waals surface area contributed by atoms with Crippen molar-refractivity contribution in [1.82, 2.24) is 4.72 Å². The van der Waals surface area contributed by atoms with Crippen LogP contribution in [0.4, 0.5) is 5.69 Å². The van der Waals surface area contributed by atoms with E-state index in [-0.39, 0.29) is 10.8 Å². The summed E-state index contributed by atoms with van der Waals surface area (Å²) in [6, 6.07) is 6.44. The third-order valence-corrected chi connectivity index (χ3v) is 6.99. The number of hydrogen-bond donors (Lipinski definition) is 2. The maximum Gasteiger partial charge on any atom is 0.250 e. The summed E-state index contributed by atoms with van der Waals surface area (Å²) in [6.07, 6.45) is 0. The standard InChI is InChI=1S/C12H12BrClN2O3S2/c1-19-10-3-2-8(15)4-7(10)6-16-21(17,18)11-5-9(14)12(13)20-11/h2-5,16H,6,15H2,1H3. The van der Waals surface area contributed by atoms with E-state index in [1.165, 1.54) is 13.2 Å². The van der Waals surface area contributed by atoms with Crippen molar-refractivity contribution in [1.29, 1.82) is 0 Å². The molecular weight excluding hydrogens is 400 g/mol. The molecule has 1 heterocycles. The normalized spacial score (nSPS) is 11.6. The topological polar surface area (TPSA) is 81.4 Å². The van der Waals surface area contributed by atoms with Crippen molar-refractivity contribution in [3.63, 3.8) is 0 Å². The number of hydrogen-bond acceptors (Lipinski definition) is 5. The first kappa shape index (κ1) is 16.6. The van der Waals surface area contributed by atoms with Crippen LogP contribution in [-0.4, -0.2) is 15.5 Å². The molecule has 0 aliphatic carbocycles. The van der Waals surface area contributed by atoms with Gasteiger partial charge >= 0.3 is 0 Å². The second kappa shape index (κ2) is 6.53. The average Bonchev–Trinajstić information content (AvgIpc) is 2.77. The molecule has 0 fully saturated rings. The van der Waals surface area contributed by atoms with Crippen LogP contribution >= 0.6 is 38.9 Å². The molecule has 2 rings (SSSR count). The van der Waals surface area contributed by atoms with Gasteiger partial charge in [-0.2, -0.15) is 0 Å². The van der Waals surface area contributed by atoms with Crippen molar-refractivity contribution in [2.45, 2.75) is 10.8 Å². The Balaban J connectivity index is 2.21. The molecule has 0 amide bonds. The van der Waals surface area contributed by atoms with Crippen molar-refractivity contribution in [3.8, 4) is 5.75 Å². The van der Waals surface area contributed by atoms with Gasteiger partial charge in [0.25, 0.3) is 0 Å². The number of nitrogens with one attached hydrogen (secondary N) is 1. The van der Waals surface area contributed by atoms with Gasteiger partial charge in [0.2, 0.25) is 10.0 Å². The third-order valence-electron chi connectivity index (χ3n) is 2.64. The van der Waals surface area contributed by atoms with E-state index in [0.717, 1.165) is 11.3 Å². The fourth-order valence-corrected chi connectivity index (χ4v) is 5.09. The molecule has 1 aromatic carbocycles. The van der Waals surface area contributed by atoms with Crippen molar-refractivity contribution >= 4 is 54.6 Å². The lowest BCUT2D eigenvalue weighted by atomic mass is 10.2. The molecule has 3 N–H and O–H groups in total. The quantitative estimate of drug-likeness (QED) is 0.740. The molecule has 0 unspecified atom stereocenters. The maximum atomic E-state index is 12.2. The molecule has 0 aliphatic heterocycles. The van der Waals surface area contributed by atoms with E-state index in [4.69, 9.17) is 22.1 Å². The molecular formula is C12H12BrClN2O3S2. The zero-order chi connectivity index (χ0) is 15.6. The Morgan fingerprint density at radius 2 is 2.14 bits per heavy atom. The van der Waals surface area contributed by atoms with E-state index in [0.29, 0.717) is 25.8 Å². The van der Waals surface area contributed by atoms with Gasteiger partial charge in [0.1, 0.15) is 9.96 Å². The average molecular weight is 412 g/mol. The number of rotatable bonds is 5. The van der Waals surface area contributed by atoms with Gasteiger partial charge in [0, 0.05) is 17.8 Å². The Morgan fingerprint density at radius 3 is 2.71 bits per heavy atom. The highest BCUT2D eigenvalue weighted by Gasteiger charge is 2.19. The molecule has 21 heavy (non-hydrogen) atoms. The highest BCUT2D eigenvalue weighted by molar-refractivity contribution is 9.11. The first-order valence-corrected chi connectivity index (χ1v) is 9.17. The molecule has 9 heteroatoms. The minimum Gasteiger partial charge on any atom is -0.496 e. The van der Waals surface area contributed by atoms with Crippen LogP contribution in [0.1, 0.15) is 5.56 Å². The number of ether oxygens (including phenoxy) is 1. The molecule has 0 aliphatic rings. The number of methoxy groups -OCH3 is 1. The Hall–Kier alpha value is -0.800. The van der Waals surface area contributed by atoms with E-state index >= 15 is 0 Å². The molecule has 5 nitrogen and oxygen atoms in total. The molecule has 0 atom stereocenters. The van der Waals surface area contributed by atoms with Crippen LogP contribution in [0.3, 0.4) is 0 Å². The molecule has 0 spiro atoms. The minimum atomic E-state index is -3.64. The number of anilines is 1. The predicted octanol–water partition coefficient (Wildman–Crippen LogP) is 3.23. The van der Waals surface area contributed by atoms with Gasteiger partial charge in [-0.1, -0.05) is 11.6 Å². The van der Waals surface area contributed by atoms with E-state index in [2.05, 4.69) is 20.7 Å². The maximum absolute atomic E-state index is 12.2. The first-order valence-electron chi connectivity index (χ1n) is 5.70. The van der Waals surface area contributed by atoms with E-state index in [1.54, 1.807) is 18.2 Å². The largest absolute Gasteiger partial charge is 0.496 e.